The molecule has 0 aromatic carbocycles. The van der Waals surface area contributed by atoms with Crippen LogP contribution in [-0.2, 0) is 4.74 Å². The average molecular weight is 337 g/mol. The van der Waals surface area contributed by atoms with E-state index >= 15 is 0 Å². The standard InChI is InChI=1S/C10H13BrN2O4S/c1-17-7-6-12(5-4-11)10(14)8-2-3-9(18-8)13(15)16/h2-3H,4-7H2,1H3. The van der Waals surface area contributed by atoms with E-state index in [9.17, 15) is 14.9 Å². The fraction of sp³-hybridized carbons (Fsp3) is 0.500. The van der Waals surface area contributed by atoms with Crippen LogP contribution in [0.15, 0.2) is 12.1 Å². The molecule has 8 heteroatoms. The predicted molar refractivity (Wildman–Crippen MR) is 72.5 cm³/mol. The zero-order valence-corrected chi connectivity index (χ0v) is 12.2. The van der Waals surface area contributed by atoms with Crippen LogP contribution in [0.1, 0.15) is 9.67 Å². The largest absolute Gasteiger partial charge is 0.383 e. The highest BCUT2D eigenvalue weighted by Crippen LogP contribution is 2.25. The number of ether oxygens (including phenoxy) is 1. The van der Waals surface area contributed by atoms with Crippen molar-refractivity contribution in [1.82, 2.24) is 4.90 Å². The molecule has 0 radical (unpaired) electrons. The number of nitro groups is 1. The molecule has 1 amide bonds. The van der Waals surface area contributed by atoms with Crippen molar-refractivity contribution in [3.05, 3.63) is 27.1 Å². The predicted octanol–water partition coefficient (Wildman–Crippen LogP) is 2.14. The van der Waals surface area contributed by atoms with Crippen molar-refractivity contribution in [3.63, 3.8) is 0 Å². The number of hydrogen-bond donors (Lipinski definition) is 0. The average Bonchev–Trinajstić information content (AvgIpc) is 2.83. The van der Waals surface area contributed by atoms with Crippen LogP contribution in [0.4, 0.5) is 5.00 Å². The molecule has 0 spiro atoms. The maximum atomic E-state index is 12.1. The van der Waals surface area contributed by atoms with E-state index in [0.29, 0.717) is 29.9 Å². The minimum atomic E-state index is -0.495. The number of nitrogens with zero attached hydrogens (tertiary/aromatic N) is 2. The second kappa shape index (κ2) is 7.45. The Hall–Kier alpha value is -0.990. The molecule has 0 atom stereocenters. The Labute approximate surface area is 117 Å². The summed E-state index contributed by atoms with van der Waals surface area (Å²) >= 11 is 4.16. The van der Waals surface area contributed by atoms with E-state index in [1.807, 2.05) is 0 Å². The van der Waals surface area contributed by atoms with E-state index in [1.54, 1.807) is 12.0 Å². The van der Waals surface area contributed by atoms with E-state index in [1.165, 1.54) is 12.1 Å². The molecule has 0 aliphatic heterocycles. The van der Waals surface area contributed by atoms with E-state index < -0.39 is 4.92 Å². The lowest BCUT2D eigenvalue weighted by Crippen LogP contribution is -2.34. The number of amides is 1. The van der Waals surface area contributed by atoms with Crippen molar-refractivity contribution < 1.29 is 14.5 Å². The van der Waals surface area contributed by atoms with Crippen LogP contribution in [0.5, 0.6) is 0 Å². The van der Waals surface area contributed by atoms with E-state index in [0.717, 1.165) is 11.3 Å². The van der Waals surface area contributed by atoms with Gasteiger partial charge in [0.05, 0.1) is 16.4 Å². The third-order valence-corrected chi connectivity index (χ3v) is 3.57. The molecule has 0 aliphatic rings. The maximum absolute atomic E-state index is 12.1. The molecule has 0 unspecified atom stereocenters. The Kier molecular flexibility index (Phi) is 6.23. The van der Waals surface area contributed by atoms with Gasteiger partial charge in [-0.25, -0.2) is 0 Å². The van der Waals surface area contributed by atoms with Gasteiger partial charge in [-0.2, -0.15) is 0 Å². The van der Waals surface area contributed by atoms with Crippen LogP contribution >= 0.6 is 27.3 Å². The first kappa shape index (κ1) is 15.1. The van der Waals surface area contributed by atoms with Crippen molar-refractivity contribution in [1.29, 1.82) is 0 Å². The first-order valence-corrected chi connectivity index (χ1v) is 7.12. The van der Waals surface area contributed by atoms with Crippen LogP contribution < -0.4 is 0 Å². The Balaban J connectivity index is 2.77. The minimum absolute atomic E-state index is 0.0242. The Morgan fingerprint density at radius 1 is 1.56 bits per heavy atom. The molecular formula is C10H13BrN2O4S. The Morgan fingerprint density at radius 2 is 2.28 bits per heavy atom. The smallest absolute Gasteiger partial charge is 0.324 e. The van der Waals surface area contributed by atoms with Gasteiger partial charge in [-0.1, -0.05) is 27.3 Å². The third-order valence-electron chi connectivity index (χ3n) is 2.19. The van der Waals surface area contributed by atoms with Crippen molar-refractivity contribution in [2.24, 2.45) is 0 Å². The summed E-state index contributed by atoms with van der Waals surface area (Å²) in [4.78, 5) is 24.2. The number of alkyl halides is 1. The van der Waals surface area contributed by atoms with Gasteiger partial charge < -0.3 is 9.64 Å². The highest BCUT2D eigenvalue weighted by Gasteiger charge is 2.20. The summed E-state index contributed by atoms with van der Waals surface area (Å²) in [5, 5.41) is 11.2. The molecule has 18 heavy (non-hydrogen) atoms. The minimum Gasteiger partial charge on any atom is -0.383 e. The lowest BCUT2D eigenvalue weighted by atomic mass is 10.4. The molecule has 1 heterocycles. The molecule has 1 aromatic rings. The second-order valence-corrected chi connectivity index (χ2v) is 5.22. The van der Waals surface area contributed by atoms with Gasteiger partial charge in [0.25, 0.3) is 5.91 Å². The van der Waals surface area contributed by atoms with Crippen LogP contribution in [0, 0.1) is 10.1 Å². The first-order chi connectivity index (χ1) is 8.60. The van der Waals surface area contributed by atoms with Crippen molar-refractivity contribution in [3.8, 4) is 0 Å². The van der Waals surface area contributed by atoms with Gasteiger partial charge in [0, 0.05) is 31.6 Å². The molecule has 100 valence electrons. The highest BCUT2D eigenvalue weighted by molar-refractivity contribution is 9.09. The van der Waals surface area contributed by atoms with Gasteiger partial charge in [-0.05, 0) is 6.07 Å². The molecule has 1 aromatic heterocycles. The van der Waals surface area contributed by atoms with Crippen molar-refractivity contribution in [2.75, 3.05) is 32.1 Å². The van der Waals surface area contributed by atoms with Crippen LogP contribution in [-0.4, -0.2) is 47.9 Å². The molecule has 0 saturated carbocycles. The Bertz CT molecular complexity index is 424. The zero-order chi connectivity index (χ0) is 13.5. The van der Waals surface area contributed by atoms with E-state index in [-0.39, 0.29) is 10.9 Å². The van der Waals surface area contributed by atoms with E-state index in [4.69, 9.17) is 4.74 Å². The summed E-state index contributed by atoms with van der Waals surface area (Å²) in [5.74, 6) is -0.204. The number of hydrogen-bond acceptors (Lipinski definition) is 5. The lowest BCUT2D eigenvalue weighted by molar-refractivity contribution is -0.380. The van der Waals surface area contributed by atoms with Gasteiger partial charge >= 0.3 is 5.00 Å². The van der Waals surface area contributed by atoms with E-state index in [2.05, 4.69) is 15.9 Å². The fourth-order valence-electron chi connectivity index (χ4n) is 1.31. The van der Waals surface area contributed by atoms with Gasteiger partial charge in [0.15, 0.2) is 0 Å². The van der Waals surface area contributed by atoms with Gasteiger partial charge in [-0.15, -0.1) is 0 Å². The van der Waals surface area contributed by atoms with Gasteiger partial charge in [-0.3, -0.25) is 14.9 Å². The molecule has 0 N–H and O–H groups in total. The molecule has 0 aliphatic carbocycles. The third kappa shape index (κ3) is 4.04. The second-order valence-electron chi connectivity index (χ2n) is 3.37. The first-order valence-electron chi connectivity index (χ1n) is 5.18. The number of carbonyl (C=O) groups excluding carboxylic acids is 1. The number of thiophene rings is 1. The summed E-state index contributed by atoms with van der Waals surface area (Å²) < 4.78 is 4.93. The number of methoxy groups -OCH3 is 1. The summed E-state index contributed by atoms with van der Waals surface area (Å²) in [6.45, 7) is 1.44. The number of halogens is 1. The summed E-state index contributed by atoms with van der Waals surface area (Å²) in [6.07, 6.45) is 0. The zero-order valence-electron chi connectivity index (χ0n) is 9.80. The fourth-order valence-corrected chi connectivity index (χ4v) is 2.53. The normalized spacial score (nSPS) is 10.3. The monoisotopic (exact) mass is 336 g/mol. The summed E-state index contributed by atoms with van der Waals surface area (Å²) in [6, 6.07) is 2.83. The molecule has 0 fully saturated rings. The molecule has 1 rings (SSSR count). The highest BCUT2D eigenvalue weighted by atomic mass is 79.9. The van der Waals surface area contributed by atoms with Crippen molar-refractivity contribution >= 4 is 38.2 Å². The molecule has 0 bridgehead atoms. The molecule has 6 nitrogen and oxygen atoms in total. The number of carbonyl (C=O) groups is 1. The summed E-state index contributed by atoms with van der Waals surface area (Å²) in [5.41, 5.74) is 0. The van der Waals surface area contributed by atoms with Crippen LogP contribution in [0.25, 0.3) is 0 Å². The maximum Gasteiger partial charge on any atom is 0.324 e. The number of rotatable bonds is 7. The topological polar surface area (TPSA) is 72.7 Å². The van der Waals surface area contributed by atoms with Gasteiger partial charge in [0.2, 0.25) is 0 Å². The molecular weight excluding hydrogens is 324 g/mol. The Morgan fingerprint density at radius 3 is 2.78 bits per heavy atom. The van der Waals surface area contributed by atoms with Crippen LogP contribution in [0.3, 0.4) is 0 Å². The quantitative estimate of drug-likeness (QED) is 0.434. The SMILES string of the molecule is COCCN(CCBr)C(=O)c1ccc([N+](=O)[O-])s1. The van der Waals surface area contributed by atoms with Gasteiger partial charge in [0.1, 0.15) is 0 Å². The lowest BCUT2D eigenvalue weighted by Gasteiger charge is -2.20. The summed E-state index contributed by atoms with van der Waals surface area (Å²) in [7, 11) is 1.56. The van der Waals surface area contributed by atoms with Crippen LogP contribution in [0.2, 0.25) is 0 Å². The van der Waals surface area contributed by atoms with Crippen molar-refractivity contribution in [2.45, 2.75) is 0 Å². The molecule has 0 saturated heterocycles.